The number of guanidine groups is 1. The SMILES string of the molecule is CCOc1ccc(NC(=NC)NCC(C)(C)NS(C)(=O)=O)cc1OC. The first-order valence-corrected chi connectivity index (χ1v) is 9.77. The van der Waals surface area contributed by atoms with Crippen LogP contribution in [0.5, 0.6) is 11.5 Å². The van der Waals surface area contributed by atoms with Gasteiger partial charge in [-0.2, -0.15) is 0 Å². The average Bonchev–Trinajstić information content (AvgIpc) is 2.50. The number of methoxy groups -OCH3 is 1. The number of nitrogens with one attached hydrogen (secondary N) is 3. The molecule has 142 valence electrons. The van der Waals surface area contributed by atoms with Crippen molar-refractivity contribution in [3.05, 3.63) is 18.2 Å². The van der Waals surface area contributed by atoms with E-state index >= 15 is 0 Å². The van der Waals surface area contributed by atoms with E-state index in [1.165, 1.54) is 0 Å². The molecule has 0 bridgehead atoms. The Morgan fingerprint density at radius 1 is 1.28 bits per heavy atom. The number of rotatable bonds is 8. The summed E-state index contributed by atoms with van der Waals surface area (Å²) in [4.78, 5) is 4.14. The van der Waals surface area contributed by atoms with Gasteiger partial charge < -0.3 is 20.1 Å². The first-order valence-electron chi connectivity index (χ1n) is 7.87. The number of aliphatic imine (C=N–C) groups is 1. The number of ether oxygens (including phenoxy) is 2. The molecule has 0 spiro atoms. The molecule has 1 aromatic carbocycles. The Morgan fingerprint density at radius 3 is 2.48 bits per heavy atom. The Labute approximate surface area is 150 Å². The standard InChI is InChI=1S/C16H28N4O4S/c1-7-24-13-9-8-12(10-14(13)23-5)19-15(17-4)18-11-16(2,3)20-25(6,21)22/h8-10,20H,7,11H2,1-6H3,(H2,17,18,19). The summed E-state index contributed by atoms with van der Waals surface area (Å²) < 4.78 is 36.2. The van der Waals surface area contributed by atoms with Crippen LogP contribution in [0.25, 0.3) is 0 Å². The maximum atomic E-state index is 11.4. The van der Waals surface area contributed by atoms with Gasteiger partial charge in [-0.3, -0.25) is 4.99 Å². The van der Waals surface area contributed by atoms with Crippen LogP contribution in [0.1, 0.15) is 20.8 Å². The first-order chi connectivity index (χ1) is 11.6. The third-order valence-electron chi connectivity index (χ3n) is 3.11. The third-order valence-corrected chi connectivity index (χ3v) is 4.03. The summed E-state index contributed by atoms with van der Waals surface area (Å²) >= 11 is 0. The molecule has 0 aromatic heterocycles. The van der Waals surface area contributed by atoms with Crippen molar-refractivity contribution in [1.29, 1.82) is 0 Å². The van der Waals surface area contributed by atoms with Gasteiger partial charge in [-0.15, -0.1) is 0 Å². The summed E-state index contributed by atoms with van der Waals surface area (Å²) in [5.74, 6) is 1.79. The lowest BCUT2D eigenvalue weighted by Crippen LogP contribution is -2.51. The molecule has 0 amide bonds. The van der Waals surface area contributed by atoms with E-state index < -0.39 is 15.6 Å². The predicted molar refractivity (Wildman–Crippen MR) is 101 cm³/mol. The summed E-state index contributed by atoms with van der Waals surface area (Å²) in [6.07, 6.45) is 1.13. The molecule has 1 rings (SSSR count). The van der Waals surface area contributed by atoms with Gasteiger partial charge in [-0.05, 0) is 32.9 Å². The molecule has 8 nitrogen and oxygen atoms in total. The van der Waals surface area contributed by atoms with Crippen molar-refractivity contribution in [2.45, 2.75) is 26.3 Å². The fourth-order valence-electron chi connectivity index (χ4n) is 2.18. The van der Waals surface area contributed by atoms with E-state index in [0.29, 0.717) is 30.6 Å². The Morgan fingerprint density at radius 2 is 1.96 bits per heavy atom. The number of hydrogen-bond acceptors (Lipinski definition) is 5. The van der Waals surface area contributed by atoms with Crippen molar-refractivity contribution in [2.24, 2.45) is 4.99 Å². The van der Waals surface area contributed by atoms with Crippen molar-refractivity contribution in [3.63, 3.8) is 0 Å². The number of hydrogen-bond donors (Lipinski definition) is 3. The minimum absolute atomic E-state index is 0.355. The van der Waals surface area contributed by atoms with E-state index in [1.54, 1.807) is 34.1 Å². The highest BCUT2D eigenvalue weighted by molar-refractivity contribution is 7.88. The number of benzene rings is 1. The maximum Gasteiger partial charge on any atom is 0.209 e. The van der Waals surface area contributed by atoms with Gasteiger partial charge in [0.25, 0.3) is 0 Å². The second-order valence-corrected chi connectivity index (χ2v) is 7.86. The van der Waals surface area contributed by atoms with Crippen molar-refractivity contribution >= 4 is 21.7 Å². The van der Waals surface area contributed by atoms with E-state index in [2.05, 4.69) is 20.3 Å². The molecular weight excluding hydrogens is 344 g/mol. The smallest absolute Gasteiger partial charge is 0.209 e. The van der Waals surface area contributed by atoms with Crippen LogP contribution in [0, 0.1) is 0 Å². The molecule has 0 radical (unpaired) electrons. The zero-order valence-corrected chi connectivity index (χ0v) is 16.5. The van der Waals surface area contributed by atoms with Crippen LogP contribution in [0.2, 0.25) is 0 Å². The second kappa shape index (κ2) is 8.91. The van der Waals surface area contributed by atoms with E-state index in [0.717, 1.165) is 11.9 Å². The summed E-state index contributed by atoms with van der Waals surface area (Å²) in [7, 11) is -0.0808. The number of nitrogens with zero attached hydrogens (tertiary/aromatic N) is 1. The number of sulfonamides is 1. The minimum Gasteiger partial charge on any atom is -0.493 e. The van der Waals surface area contributed by atoms with Crippen molar-refractivity contribution < 1.29 is 17.9 Å². The highest BCUT2D eigenvalue weighted by Crippen LogP contribution is 2.30. The minimum atomic E-state index is -3.30. The molecule has 1 aromatic rings. The Balaban J connectivity index is 2.77. The number of anilines is 1. The Hall–Kier alpha value is -2.00. The van der Waals surface area contributed by atoms with Crippen molar-refractivity contribution in [3.8, 4) is 11.5 Å². The summed E-state index contributed by atoms with van der Waals surface area (Å²) in [5, 5.41) is 6.23. The molecule has 0 heterocycles. The van der Waals surface area contributed by atoms with E-state index in [-0.39, 0.29) is 0 Å². The van der Waals surface area contributed by atoms with Gasteiger partial charge in [0.05, 0.1) is 20.0 Å². The van der Waals surface area contributed by atoms with E-state index in [1.807, 2.05) is 19.1 Å². The molecule has 3 N–H and O–H groups in total. The van der Waals surface area contributed by atoms with E-state index in [4.69, 9.17) is 9.47 Å². The zero-order valence-electron chi connectivity index (χ0n) is 15.6. The lowest BCUT2D eigenvalue weighted by Gasteiger charge is -2.26. The van der Waals surface area contributed by atoms with Crippen LogP contribution in [0.4, 0.5) is 5.69 Å². The Bertz CT molecular complexity index is 702. The monoisotopic (exact) mass is 372 g/mol. The fraction of sp³-hybridized carbons (Fsp3) is 0.562. The second-order valence-electron chi connectivity index (χ2n) is 6.11. The zero-order chi connectivity index (χ0) is 19.1. The molecule has 0 aliphatic heterocycles. The molecule has 0 atom stereocenters. The average molecular weight is 372 g/mol. The van der Waals surface area contributed by atoms with Gasteiger partial charge in [0.2, 0.25) is 10.0 Å². The van der Waals surface area contributed by atoms with Gasteiger partial charge in [0, 0.05) is 30.9 Å². The molecule has 0 fully saturated rings. The third kappa shape index (κ3) is 7.61. The van der Waals surface area contributed by atoms with Crippen LogP contribution in [0.15, 0.2) is 23.2 Å². The summed E-state index contributed by atoms with van der Waals surface area (Å²) in [6, 6.07) is 5.46. The Kier molecular flexibility index (Phi) is 7.50. The lowest BCUT2D eigenvalue weighted by molar-refractivity contribution is 0.311. The summed E-state index contributed by atoms with van der Waals surface area (Å²) in [5.41, 5.74) is 0.101. The predicted octanol–water partition coefficient (Wildman–Crippen LogP) is 1.41. The van der Waals surface area contributed by atoms with Crippen LogP contribution in [-0.4, -0.2) is 53.5 Å². The van der Waals surface area contributed by atoms with Gasteiger partial charge in [-0.1, -0.05) is 0 Å². The fourth-order valence-corrected chi connectivity index (χ4v) is 3.25. The highest BCUT2D eigenvalue weighted by Gasteiger charge is 2.22. The molecule has 0 aliphatic rings. The van der Waals surface area contributed by atoms with E-state index in [9.17, 15) is 8.42 Å². The molecular formula is C16H28N4O4S. The molecule has 0 saturated heterocycles. The topological polar surface area (TPSA) is 101 Å². The molecule has 0 aliphatic carbocycles. The maximum absolute atomic E-state index is 11.4. The van der Waals surface area contributed by atoms with Gasteiger partial charge in [-0.25, -0.2) is 13.1 Å². The van der Waals surface area contributed by atoms with Crippen LogP contribution < -0.4 is 24.8 Å². The largest absolute Gasteiger partial charge is 0.493 e. The molecule has 0 unspecified atom stereocenters. The highest BCUT2D eigenvalue weighted by atomic mass is 32.2. The molecule has 9 heteroatoms. The summed E-state index contributed by atoms with van der Waals surface area (Å²) in [6.45, 7) is 6.38. The van der Waals surface area contributed by atoms with Crippen LogP contribution in [0.3, 0.4) is 0 Å². The quantitative estimate of drug-likeness (QED) is 0.471. The molecule has 25 heavy (non-hydrogen) atoms. The van der Waals surface area contributed by atoms with Crippen molar-refractivity contribution in [2.75, 3.05) is 38.9 Å². The van der Waals surface area contributed by atoms with Gasteiger partial charge in [0.15, 0.2) is 17.5 Å². The first kappa shape index (κ1) is 21.0. The van der Waals surface area contributed by atoms with Crippen LogP contribution in [-0.2, 0) is 10.0 Å². The van der Waals surface area contributed by atoms with Crippen molar-refractivity contribution in [1.82, 2.24) is 10.0 Å². The van der Waals surface area contributed by atoms with Crippen LogP contribution >= 0.6 is 0 Å². The normalized spacial score (nSPS) is 12.6. The van der Waals surface area contributed by atoms with Gasteiger partial charge >= 0.3 is 0 Å². The molecule has 0 saturated carbocycles. The lowest BCUT2D eigenvalue weighted by atomic mass is 10.1. The van der Waals surface area contributed by atoms with Gasteiger partial charge in [0.1, 0.15) is 0 Å².